The van der Waals surface area contributed by atoms with Gasteiger partial charge in [0, 0.05) is 11.6 Å². The second-order valence-electron chi connectivity index (χ2n) is 6.96. The number of benzene rings is 3. The molecule has 4 heteroatoms. The average molecular weight is 410 g/mol. The summed E-state index contributed by atoms with van der Waals surface area (Å²) in [6.07, 6.45) is 7.12. The lowest BCUT2D eigenvalue weighted by Gasteiger charge is -2.07. The number of ether oxygens (including phenoxy) is 3. The SMILES string of the molecule is C=Cc1ccc(COc2ccc3c(c2)OC(=CC=Cc2ccccc2OC)C3=O)cc1. The third-order valence-electron chi connectivity index (χ3n) is 4.92. The largest absolute Gasteiger partial charge is 0.496 e. The standard InChI is InChI=1S/C27H22O4/c1-3-19-11-13-20(14-12-19)18-30-22-15-16-23-26(17-22)31-25(27(23)28)10-6-8-21-7-4-5-9-24(21)29-2/h3-17H,1,18H2,2H3. The molecule has 4 rings (SSSR count). The van der Waals surface area contributed by atoms with Crippen LogP contribution in [0.2, 0.25) is 0 Å². The average Bonchev–Trinajstić information content (AvgIpc) is 3.13. The molecule has 3 aromatic carbocycles. The van der Waals surface area contributed by atoms with Gasteiger partial charge >= 0.3 is 0 Å². The fourth-order valence-corrected chi connectivity index (χ4v) is 3.23. The molecule has 154 valence electrons. The summed E-state index contributed by atoms with van der Waals surface area (Å²) in [5.41, 5.74) is 3.55. The van der Waals surface area contributed by atoms with Crippen molar-refractivity contribution in [1.82, 2.24) is 0 Å². The molecule has 3 aromatic rings. The molecule has 1 aliphatic heterocycles. The van der Waals surface area contributed by atoms with Gasteiger partial charge in [-0.2, -0.15) is 0 Å². The number of hydrogen-bond acceptors (Lipinski definition) is 4. The molecule has 31 heavy (non-hydrogen) atoms. The minimum Gasteiger partial charge on any atom is -0.496 e. The van der Waals surface area contributed by atoms with Crippen molar-refractivity contribution in [3.63, 3.8) is 0 Å². The van der Waals surface area contributed by atoms with Crippen LogP contribution in [-0.2, 0) is 6.61 Å². The van der Waals surface area contributed by atoms with E-state index in [9.17, 15) is 4.79 Å². The number of para-hydroxylation sites is 1. The van der Waals surface area contributed by atoms with Gasteiger partial charge < -0.3 is 14.2 Å². The van der Waals surface area contributed by atoms with Crippen LogP contribution in [0.4, 0.5) is 0 Å². The first-order valence-electron chi connectivity index (χ1n) is 9.90. The second-order valence-corrected chi connectivity index (χ2v) is 6.96. The van der Waals surface area contributed by atoms with Gasteiger partial charge in [0.25, 0.3) is 0 Å². The van der Waals surface area contributed by atoms with E-state index in [4.69, 9.17) is 14.2 Å². The molecule has 0 fully saturated rings. The number of carbonyl (C=O) groups is 1. The van der Waals surface area contributed by atoms with E-state index in [1.165, 1.54) is 0 Å². The van der Waals surface area contributed by atoms with E-state index in [0.29, 0.717) is 23.7 Å². The van der Waals surface area contributed by atoms with E-state index in [-0.39, 0.29) is 11.5 Å². The smallest absolute Gasteiger partial charge is 0.231 e. The molecule has 0 N–H and O–H groups in total. The van der Waals surface area contributed by atoms with Gasteiger partial charge in [-0.3, -0.25) is 4.79 Å². The fraction of sp³-hybridized carbons (Fsp3) is 0.0741. The minimum atomic E-state index is -0.147. The van der Waals surface area contributed by atoms with Gasteiger partial charge in [0.05, 0.1) is 12.7 Å². The van der Waals surface area contributed by atoms with Gasteiger partial charge in [0.1, 0.15) is 23.9 Å². The number of ketones is 1. The Balaban J connectivity index is 1.44. The lowest BCUT2D eigenvalue weighted by molar-refractivity contribution is 0.101. The number of fused-ring (bicyclic) bond motifs is 1. The predicted octanol–water partition coefficient (Wildman–Crippen LogP) is 6.09. The summed E-state index contributed by atoms with van der Waals surface area (Å²) in [7, 11) is 1.63. The van der Waals surface area contributed by atoms with Gasteiger partial charge in [-0.15, -0.1) is 0 Å². The van der Waals surface area contributed by atoms with Crippen LogP contribution in [0.25, 0.3) is 12.2 Å². The highest BCUT2D eigenvalue weighted by Crippen LogP contribution is 2.34. The topological polar surface area (TPSA) is 44.8 Å². The van der Waals surface area contributed by atoms with E-state index < -0.39 is 0 Å². The molecule has 0 aromatic heterocycles. The van der Waals surface area contributed by atoms with E-state index in [0.717, 1.165) is 22.4 Å². The maximum Gasteiger partial charge on any atom is 0.231 e. The van der Waals surface area contributed by atoms with Crippen LogP contribution in [0, 0.1) is 0 Å². The summed E-state index contributed by atoms with van der Waals surface area (Å²) in [4.78, 5) is 12.6. The zero-order valence-corrected chi connectivity index (χ0v) is 17.2. The highest BCUT2D eigenvalue weighted by molar-refractivity contribution is 6.12. The van der Waals surface area contributed by atoms with Crippen molar-refractivity contribution in [1.29, 1.82) is 0 Å². The maximum absolute atomic E-state index is 12.6. The number of hydrogen-bond donors (Lipinski definition) is 0. The van der Waals surface area contributed by atoms with Crippen molar-refractivity contribution in [2.45, 2.75) is 6.61 Å². The Hall–Kier alpha value is -4.05. The molecule has 0 radical (unpaired) electrons. The molecule has 0 saturated heterocycles. The van der Waals surface area contributed by atoms with Crippen molar-refractivity contribution in [3.8, 4) is 17.2 Å². The Morgan fingerprint density at radius 3 is 2.61 bits per heavy atom. The Labute approximate surface area is 181 Å². The zero-order chi connectivity index (χ0) is 21.6. The van der Waals surface area contributed by atoms with E-state index >= 15 is 0 Å². The Bertz CT molecular complexity index is 1170. The normalized spacial score (nSPS) is 13.8. The number of methoxy groups -OCH3 is 1. The molecule has 1 aliphatic rings. The Morgan fingerprint density at radius 1 is 1.03 bits per heavy atom. The zero-order valence-electron chi connectivity index (χ0n) is 17.2. The summed E-state index contributed by atoms with van der Waals surface area (Å²) in [5, 5.41) is 0. The molecule has 0 bridgehead atoms. The van der Waals surface area contributed by atoms with Crippen LogP contribution in [0.3, 0.4) is 0 Å². The van der Waals surface area contributed by atoms with Crippen molar-refractivity contribution in [2.75, 3.05) is 7.11 Å². The molecule has 0 saturated carbocycles. The molecular formula is C27H22O4. The molecule has 1 heterocycles. The molecule has 0 aliphatic carbocycles. The summed E-state index contributed by atoms with van der Waals surface area (Å²) in [6.45, 7) is 4.18. The van der Waals surface area contributed by atoms with E-state index in [2.05, 4.69) is 6.58 Å². The summed E-state index contributed by atoms with van der Waals surface area (Å²) >= 11 is 0. The monoisotopic (exact) mass is 410 g/mol. The first-order valence-corrected chi connectivity index (χ1v) is 9.90. The highest BCUT2D eigenvalue weighted by Gasteiger charge is 2.27. The maximum atomic E-state index is 12.6. The van der Waals surface area contributed by atoms with Crippen LogP contribution in [0.15, 0.2) is 91.2 Å². The fourth-order valence-electron chi connectivity index (χ4n) is 3.23. The lowest BCUT2D eigenvalue weighted by Crippen LogP contribution is -1.97. The molecule has 0 spiro atoms. The van der Waals surface area contributed by atoms with E-state index in [1.807, 2.05) is 54.6 Å². The number of Topliss-reactive ketones (excluding diaryl/α,β-unsaturated/α-hetero) is 1. The van der Waals surface area contributed by atoms with Crippen LogP contribution in [0.1, 0.15) is 27.0 Å². The van der Waals surface area contributed by atoms with Crippen molar-refractivity contribution >= 4 is 17.9 Å². The van der Waals surface area contributed by atoms with Gasteiger partial charge in [0.2, 0.25) is 5.78 Å². The Kier molecular flexibility index (Phi) is 5.99. The van der Waals surface area contributed by atoms with Crippen LogP contribution >= 0.6 is 0 Å². The van der Waals surface area contributed by atoms with Crippen molar-refractivity contribution in [3.05, 3.63) is 113 Å². The van der Waals surface area contributed by atoms with E-state index in [1.54, 1.807) is 43.5 Å². The third kappa shape index (κ3) is 4.59. The number of carbonyl (C=O) groups excluding carboxylic acids is 1. The predicted molar refractivity (Wildman–Crippen MR) is 122 cm³/mol. The summed E-state index contributed by atoms with van der Waals surface area (Å²) in [5.74, 6) is 2.04. The van der Waals surface area contributed by atoms with Gasteiger partial charge in [0.15, 0.2) is 5.76 Å². The summed E-state index contributed by atoms with van der Waals surface area (Å²) in [6, 6.07) is 20.9. The molecular weight excluding hydrogens is 388 g/mol. The van der Waals surface area contributed by atoms with Gasteiger partial charge in [-0.1, -0.05) is 67.3 Å². The molecule has 0 unspecified atom stereocenters. The molecule has 0 amide bonds. The lowest BCUT2D eigenvalue weighted by atomic mass is 10.1. The Morgan fingerprint density at radius 2 is 1.84 bits per heavy atom. The quantitative estimate of drug-likeness (QED) is 0.442. The van der Waals surface area contributed by atoms with Gasteiger partial charge in [-0.25, -0.2) is 0 Å². The molecule has 0 atom stereocenters. The molecule has 4 nitrogen and oxygen atoms in total. The van der Waals surface area contributed by atoms with Crippen LogP contribution in [0.5, 0.6) is 17.2 Å². The second kappa shape index (κ2) is 9.18. The van der Waals surface area contributed by atoms with Crippen molar-refractivity contribution < 1.29 is 19.0 Å². The highest BCUT2D eigenvalue weighted by atomic mass is 16.5. The third-order valence-corrected chi connectivity index (χ3v) is 4.92. The summed E-state index contributed by atoms with van der Waals surface area (Å²) < 4.78 is 17.0. The van der Waals surface area contributed by atoms with Crippen molar-refractivity contribution in [2.24, 2.45) is 0 Å². The number of allylic oxidation sites excluding steroid dienone is 3. The van der Waals surface area contributed by atoms with Gasteiger partial charge in [-0.05, 0) is 35.4 Å². The first kappa shape index (κ1) is 20.2. The minimum absolute atomic E-state index is 0.147. The van der Waals surface area contributed by atoms with Crippen LogP contribution in [-0.4, -0.2) is 12.9 Å². The first-order chi connectivity index (χ1) is 15.2. The van der Waals surface area contributed by atoms with Crippen LogP contribution < -0.4 is 14.2 Å². The number of rotatable bonds is 7.